The minimum atomic E-state index is -1.18. The molecule has 0 aliphatic heterocycles. The van der Waals surface area contributed by atoms with Gasteiger partial charge in [0.1, 0.15) is 24.1 Å². The van der Waals surface area contributed by atoms with Gasteiger partial charge in [-0.25, -0.2) is 9.59 Å². The molecule has 0 heterocycles. The molecule has 1 aliphatic carbocycles. The van der Waals surface area contributed by atoms with Crippen LogP contribution in [-0.2, 0) is 16.1 Å². The Bertz CT molecular complexity index is 1610. The van der Waals surface area contributed by atoms with E-state index in [1.807, 2.05) is 48.5 Å². The van der Waals surface area contributed by atoms with E-state index in [-0.39, 0.29) is 19.1 Å². The third-order valence-electron chi connectivity index (χ3n) is 6.99. The lowest BCUT2D eigenvalue weighted by Gasteiger charge is -2.27. The molecular formula is C31H25ClN4O5. The van der Waals surface area contributed by atoms with Crippen LogP contribution in [0.3, 0.4) is 0 Å². The Hall–Kier alpha value is -4.98. The number of aliphatic carboxylic acids is 1. The number of nitrogens with zero attached hydrogens (tertiary/aromatic N) is 4. The van der Waals surface area contributed by atoms with Gasteiger partial charge in [0.05, 0.1) is 6.54 Å². The highest BCUT2D eigenvalue weighted by molar-refractivity contribution is 6.30. The minimum absolute atomic E-state index is 0.0528. The molecule has 4 aromatic rings. The summed E-state index contributed by atoms with van der Waals surface area (Å²) in [6.07, 6.45) is -0.763. The molecule has 4 aromatic carbocycles. The molecule has 0 radical (unpaired) electrons. The number of azide groups is 1. The van der Waals surface area contributed by atoms with Crippen molar-refractivity contribution in [2.75, 3.05) is 6.61 Å². The van der Waals surface area contributed by atoms with Crippen LogP contribution in [0.25, 0.3) is 21.6 Å². The van der Waals surface area contributed by atoms with Crippen molar-refractivity contribution in [3.8, 4) is 22.6 Å². The Labute approximate surface area is 241 Å². The van der Waals surface area contributed by atoms with Crippen LogP contribution >= 0.6 is 11.6 Å². The number of carbonyl (C=O) groups is 2. The predicted octanol–water partition coefficient (Wildman–Crippen LogP) is 8.30. The third kappa shape index (κ3) is 5.96. The van der Waals surface area contributed by atoms with E-state index >= 15 is 0 Å². The first-order chi connectivity index (χ1) is 19.9. The Balaban J connectivity index is 1.37. The summed E-state index contributed by atoms with van der Waals surface area (Å²) in [4.78, 5) is 29.4. The van der Waals surface area contributed by atoms with Crippen molar-refractivity contribution in [1.82, 2.24) is 4.90 Å². The lowest BCUT2D eigenvalue weighted by Crippen LogP contribution is -2.43. The first-order valence-electron chi connectivity index (χ1n) is 12.8. The molecule has 1 N–H and O–H groups in total. The molecule has 0 saturated heterocycles. The van der Waals surface area contributed by atoms with E-state index in [9.17, 15) is 14.7 Å². The van der Waals surface area contributed by atoms with E-state index in [2.05, 4.69) is 10.0 Å². The molecule has 1 atom stereocenters. The number of ether oxygens (including phenoxy) is 2. The van der Waals surface area contributed by atoms with E-state index in [0.29, 0.717) is 27.8 Å². The van der Waals surface area contributed by atoms with E-state index in [1.54, 1.807) is 42.5 Å². The number of carbonyl (C=O) groups excluding carboxylic acids is 1. The first-order valence-corrected chi connectivity index (χ1v) is 13.2. The molecular weight excluding hydrogens is 544 g/mol. The normalized spacial score (nSPS) is 12.4. The summed E-state index contributed by atoms with van der Waals surface area (Å²) in [5.74, 6) is -0.577. The number of fused-ring (bicyclic) bond motifs is 3. The predicted molar refractivity (Wildman–Crippen MR) is 154 cm³/mol. The van der Waals surface area contributed by atoms with Gasteiger partial charge in [-0.15, -0.1) is 0 Å². The van der Waals surface area contributed by atoms with Crippen LogP contribution in [-0.4, -0.2) is 34.7 Å². The fourth-order valence-electron chi connectivity index (χ4n) is 4.87. The van der Waals surface area contributed by atoms with Crippen LogP contribution in [0.1, 0.15) is 29.5 Å². The minimum Gasteiger partial charge on any atom is -0.480 e. The van der Waals surface area contributed by atoms with Crippen LogP contribution in [0.2, 0.25) is 5.02 Å². The maximum atomic E-state index is 13.4. The van der Waals surface area contributed by atoms with Gasteiger partial charge in [-0.2, -0.15) is 0 Å². The van der Waals surface area contributed by atoms with E-state index in [1.165, 1.54) is 6.92 Å². The Morgan fingerprint density at radius 3 is 2.24 bits per heavy atom. The number of halogens is 1. The number of amides is 1. The summed E-state index contributed by atoms with van der Waals surface area (Å²) >= 11 is 6.23. The summed E-state index contributed by atoms with van der Waals surface area (Å²) in [5, 5.41) is 13.7. The van der Waals surface area contributed by atoms with E-state index < -0.39 is 18.1 Å². The van der Waals surface area contributed by atoms with Crippen molar-refractivity contribution in [2.45, 2.75) is 25.4 Å². The van der Waals surface area contributed by atoms with Gasteiger partial charge >= 0.3 is 12.1 Å². The Morgan fingerprint density at radius 1 is 1.00 bits per heavy atom. The van der Waals surface area contributed by atoms with Crippen LogP contribution in [0.4, 0.5) is 10.5 Å². The molecule has 206 valence electrons. The van der Waals surface area contributed by atoms with E-state index in [4.69, 9.17) is 26.6 Å². The summed E-state index contributed by atoms with van der Waals surface area (Å²) in [5.41, 5.74) is 13.9. The Kier molecular flexibility index (Phi) is 8.10. The zero-order chi connectivity index (χ0) is 28.9. The van der Waals surface area contributed by atoms with Gasteiger partial charge in [0, 0.05) is 27.1 Å². The van der Waals surface area contributed by atoms with Crippen molar-refractivity contribution >= 4 is 29.4 Å². The van der Waals surface area contributed by atoms with Gasteiger partial charge in [0.2, 0.25) is 0 Å². The summed E-state index contributed by atoms with van der Waals surface area (Å²) in [7, 11) is 0. The fourth-order valence-corrected chi connectivity index (χ4v) is 5.03. The maximum absolute atomic E-state index is 13.4. The second-order valence-electron chi connectivity index (χ2n) is 9.48. The van der Waals surface area contributed by atoms with Crippen LogP contribution in [0.15, 0.2) is 96.1 Å². The highest BCUT2D eigenvalue weighted by Crippen LogP contribution is 2.44. The number of carboxylic acid groups (broad SMARTS) is 1. The number of hydrogen-bond donors (Lipinski definition) is 1. The van der Waals surface area contributed by atoms with Gasteiger partial charge in [-0.1, -0.05) is 71.3 Å². The van der Waals surface area contributed by atoms with Gasteiger partial charge in [-0.3, -0.25) is 4.90 Å². The van der Waals surface area contributed by atoms with Gasteiger partial charge in [-0.05, 0) is 71.1 Å². The summed E-state index contributed by atoms with van der Waals surface area (Å²) in [6.45, 7) is 1.37. The quantitative estimate of drug-likeness (QED) is 0.123. The largest absolute Gasteiger partial charge is 0.480 e. The van der Waals surface area contributed by atoms with Crippen molar-refractivity contribution < 1.29 is 24.2 Å². The zero-order valence-electron chi connectivity index (χ0n) is 22.0. The topological polar surface area (TPSA) is 125 Å². The molecule has 41 heavy (non-hydrogen) atoms. The number of benzene rings is 4. The maximum Gasteiger partial charge on any atom is 0.410 e. The van der Waals surface area contributed by atoms with Gasteiger partial charge in [0.25, 0.3) is 0 Å². The molecule has 0 saturated carbocycles. The second-order valence-corrected chi connectivity index (χ2v) is 9.92. The lowest BCUT2D eigenvalue weighted by molar-refractivity contribution is -0.142. The molecule has 1 aliphatic rings. The summed E-state index contributed by atoms with van der Waals surface area (Å²) < 4.78 is 11.8. The van der Waals surface area contributed by atoms with Crippen LogP contribution < -0.4 is 4.74 Å². The molecule has 0 bridgehead atoms. The third-order valence-corrected chi connectivity index (χ3v) is 7.23. The molecule has 10 heteroatoms. The van der Waals surface area contributed by atoms with Crippen LogP contribution in [0.5, 0.6) is 11.5 Å². The van der Waals surface area contributed by atoms with Gasteiger partial charge < -0.3 is 14.6 Å². The molecule has 0 spiro atoms. The number of carboxylic acids is 1. The zero-order valence-corrected chi connectivity index (χ0v) is 22.7. The Morgan fingerprint density at radius 2 is 1.63 bits per heavy atom. The average molecular weight is 569 g/mol. The van der Waals surface area contributed by atoms with Crippen molar-refractivity contribution in [3.05, 3.63) is 123 Å². The smallest absolute Gasteiger partial charge is 0.410 e. The summed E-state index contributed by atoms with van der Waals surface area (Å²) in [6, 6.07) is 26.1. The highest BCUT2D eigenvalue weighted by Gasteiger charge is 2.32. The molecule has 0 fully saturated rings. The standard InChI is InChI=1S/C31H25ClN4O5/c1-19(30(37)38)36(17-20-10-11-21(32)16-29(20)41-23-14-12-22(13-15-23)34-35-33)31(39)40-18-28-26-8-4-2-6-24(26)25-7-3-5-9-27(25)28/h2-16,19,28H,17-18H2,1H3,(H,37,38). The van der Waals surface area contributed by atoms with E-state index in [0.717, 1.165) is 27.2 Å². The number of rotatable bonds is 9. The van der Waals surface area contributed by atoms with Crippen molar-refractivity contribution in [2.24, 2.45) is 5.11 Å². The SMILES string of the molecule is CC(C(=O)O)N(Cc1ccc(Cl)cc1Oc1ccc(N=[N+]=[N-])cc1)C(=O)OCC1c2ccccc2-c2ccccc21. The fraction of sp³-hybridized carbons (Fsp3) is 0.161. The highest BCUT2D eigenvalue weighted by atomic mass is 35.5. The second kappa shape index (κ2) is 12.0. The monoisotopic (exact) mass is 568 g/mol. The molecule has 0 aromatic heterocycles. The molecule has 1 amide bonds. The number of hydrogen-bond acceptors (Lipinski definition) is 5. The average Bonchev–Trinajstić information content (AvgIpc) is 3.30. The lowest BCUT2D eigenvalue weighted by atomic mass is 9.98. The molecule has 9 nitrogen and oxygen atoms in total. The molecule has 5 rings (SSSR count). The first kappa shape index (κ1) is 27.6. The van der Waals surface area contributed by atoms with Crippen molar-refractivity contribution in [3.63, 3.8) is 0 Å². The van der Waals surface area contributed by atoms with Gasteiger partial charge in [0.15, 0.2) is 0 Å². The molecule has 1 unspecified atom stereocenters. The van der Waals surface area contributed by atoms with Crippen molar-refractivity contribution in [1.29, 1.82) is 0 Å². The van der Waals surface area contributed by atoms with Crippen LogP contribution in [0, 0.1) is 0 Å².